The monoisotopic (exact) mass is 438 g/mol. The summed E-state index contributed by atoms with van der Waals surface area (Å²) in [4.78, 5) is 0. The molecule has 0 aliphatic rings. The van der Waals surface area contributed by atoms with Crippen LogP contribution < -0.4 is 10.9 Å². The number of rotatable bonds is 5. The van der Waals surface area contributed by atoms with Crippen LogP contribution in [0.2, 0.25) is 0 Å². The van der Waals surface area contributed by atoms with E-state index in [1.807, 2.05) is 0 Å². The van der Waals surface area contributed by atoms with E-state index in [-0.39, 0.29) is 9.49 Å². The molecule has 2 rings (SSSR count). The topological polar surface area (TPSA) is 0 Å². The van der Waals surface area contributed by atoms with Crippen molar-refractivity contribution in [2.24, 2.45) is 0 Å². The molecule has 0 radical (unpaired) electrons. The normalized spacial score (nSPS) is 12.3. The van der Waals surface area contributed by atoms with Gasteiger partial charge in [-0.2, -0.15) is 0 Å². The molecule has 0 atom stereocenters. The van der Waals surface area contributed by atoms with Crippen LogP contribution in [0.5, 0.6) is 0 Å². The summed E-state index contributed by atoms with van der Waals surface area (Å²) in [5.41, 5.74) is 11.5. The summed E-state index contributed by atoms with van der Waals surface area (Å²) >= 11 is 4.27. The Kier molecular flexibility index (Phi) is 8.01. The lowest BCUT2D eigenvalue weighted by atomic mass is 9.29. The molecule has 0 fully saturated rings. The summed E-state index contributed by atoms with van der Waals surface area (Å²) in [6.07, 6.45) is 0. The highest BCUT2D eigenvalue weighted by Gasteiger charge is 2.41. The van der Waals surface area contributed by atoms with Gasteiger partial charge < -0.3 is 0 Å². The van der Waals surface area contributed by atoms with E-state index in [1.165, 1.54) is 44.3 Å². The molecule has 0 heterocycles. The van der Waals surface area contributed by atoms with Crippen LogP contribution >= 0.6 is 23.2 Å². The second-order valence-electron chi connectivity index (χ2n) is 10.9. The molecule has 0 saturated heterocycles. The molecule has 2 aromatic rings. The van der Waals surface area contributed by atoms with Gasteiger partial charge in [0.05, 0.1) is 0 Å². The lowest BCUT2D eigenvalue weighted by Crippen LogP contribution is -2.55. The maximum atomic E-state index is 2.37. The highest BCUT2D eigenvalue weighted by Crippen LogP contribution is 2.36. The first-order valence-electron chi connectivity index (χ1n) is 11.1. The van der Waals surface area contributed by atoms with E-state index in [4.69, 9.17) is 0 Å². The van der Waals surface area contributed by atoms with E-state index in [1.54, 1.807) is 0 Å². The highest BCUT2D eigenvalue weighted by molar-refractivity contribution is 8.47. The zero-order valence-corrected chi connectivity index (χ0v) is 22.9. The average molecular weight is 438 g/mol. The number of aryl methyl sites for hydroxylation is 6. The fourth-order valence-electron chi connectivity index (χ4n) is 4.59. The van der Waals surface area contributed by atoms with Gasteiger partial charge in [0, 0.05) is 0 Å². The van der Waals surface area contributed by atoms with Gasteiger partial charge in [-0.25, -0.2) is 23.2 Å². The molecular formula is C26H40B2S2. The molecule has 30 heavy (non-hydrogen) atoms. The van der Waals surface area contributed by atoms with E-state index in [0.29, 0.717) is 11.8 Å². The minimum atomic E-state index is 0.178. The van der Waals surface area contributed by atoms with E-state index >= 15 is 0 Å². The van der Waals surface area contributed by atoms with Crippen LogP contribution in [0.3, 0.4) is 0 Å². The second kappa shape index (κ2) is 9.41. The van der Waals surface area contributed by atoms with Crippen LogP contribution in [0.15, 0.2) is 24.3 Å². The lowest BCUT2D eigenvalue weighted by Gasteiger charge is -2.35. The van der Waals surface area contributed by atoms with Crippen molar-refractivity contribution in [3.05, 3.63) is 57.6 Å². The Bertz CT molecular complexity index is 783. The Morgan fingerprint density at radius 3 is 0.933 bits per heavy atom. The van der Waals surface area contributed by atoms with Gasteiger partial charge in [0.2, 0.25) is 11.8 Å². The number of hydrogen-bond acceptors (Lipinski definition) is 2. The van der Waals surface area contributed by atoms with E-state index in [9.17, 15) is 0 Å². The van der Waals surface area contributed by atoms with Crippen molar-refractivity contribution in [1.82, 2.24) is 0 Å². The van der Waals surface area contributed by atoms with Crippen LogP contribution in [-0.2, 0) is 0 Å². The van der Waals surface area contributed by atoms with Crippen LogP contribution in [0.25, 0.3) is 0 Å². The van der Waals surface area contributed by atoms with E-state index in [2.05, 4.69) is 131 Å². The zero-order chi connectivity index (χ0) is 23.0. The summed E-state index contributed by atoms with van der Waals surface area (Å²) in [6.45, 7) is 27.8. The van der Waals surface area contributed by atoms with Gasteiger partial charge in [-0.1, -0.05) is 110 Å². The third kappa shape index (κ3) is 6.63. The predicted octanol–water partition coefficient (Wildman–Crippen LogP) is 6.78. The zero-order valence-electron chi connectivity index (χ0n) is 21.3. The second-order valence-corrected chi connectivity index (χ2v) is 14.9. The molecule has 0 amide bonds. The van der Waals surface area contributed by atoms with Gasteiger partial charge in [-0.15, -0.1) is 0 Å². The maximum Gasteiger partial charge on any atom is 0.231 e. The third-order valence-electron chi connectivity index (χ3n) is 5.28. The minimum Gasteiger partial charge on any atom is -0.205 e. The molecular weight excluding hydrogens is 398 g/mol. The number of benzene rings is 2. The quantitative estimate of drug-likeness (QED) is 0.472. The van der Waals surface area contributed by atoms with Crippen LogP contribution in [-0.4, -0.2) is 21.3 Å². The molecule has 0 aliphatic heterocycles. The Morgan fingerprint density at radius 2 is 0.733 bits per heavy atom. The summed E-state index contributed by atoms with van der Waals surface area (Å²) < 4.78 is 0.356. The Labute approximate surface area is 195 Å². The fourth-order valence-corrected chi connectivity index (χ4v) is 7.94. The maximum absolute atomic E-state index is 2.37. The molecule has 0 bridgehead atoms. The van der Waals surface area contributed by atoms with Gasteiger partial charge in [0.25, 0.3) is 0 Å². The van der Waals surface area contributed by atoms with Gasteiger partial charge in [-0.3, -0.25) is 0 Å². The molecule has 0 saturated carbocycles. The third-order valence-corrected chi connectivity index (χ3v) is 8.39. The van der Waals surface area contributed by atoms with Gasteiger partial charge in [0.1, 0.15) is 0 Å². The van der Waals surface area contributed by atoms with Gasteiger partial charge in [0.15, 0.2) is 0 Å². The smallest absolute Gasteiger partial charge is 0.205 e. The number of hydrogen-bond donors (Lipinski definition) is 0. The van der Waals surface area contributed by atoms with Crippen molar-refractivity contribution >= 4 is 45.9 Å². The van der Waals surface area contributed by atoms with Crippen molar-refractivity contribution in [3.63, 3.8) is 0 Å². The first-order valence-corrected chi connectivity index (χ1v) is 12.9. The van der Waals surface area contributed by atoms with Crippen LogP contribution in [0.4, 0.5) is 0 Å². The minimum absolute atomic E-state index is 0.178. The molecule has 0 aromatic heterocycles. The van der Waals surface area contributed by atoms with Crippen molar-refractivity contribution < 1.29 is 0 Å². The largest absolute Gasteiger partial charge is 0.231 e. The Hall–Kier alpha value is -0.730. The van der Waals surface area contributed by atoms with Crippen molar-refractivity contribution in [2.45, 2.75) is 92.6 Å². The summed E-state index contributed by atoms with van der Waals surface area (Å²) in [6, 6.07) is 9.47. The van der Waals surface area contributed by atoms with E-state index in [0.717, 1.165) is 0 Å². The SMILES string of the molecule is Cc1cc(C)c(B(SC(C)(C)C)B(SC(C)(C)C)c2c(C)cc(C)cc2C)c(C)c1. The van der Waals surface area contributed by atoms with Crippen molar-refractivity contribution in [1.29, 1.82) is 0 Å². The molecule has 162 valence electrons. The summed E-state index contributed by atoms with van der Waals surface area (Å²) in [7, 11) is 0. The molecule has 0 aliphatic carbocycles. The van der Waals surface area contributed by atoms with Gasteiger partial charge >= 0.3 is 0 Å². The standard InChI is InChI=1S/C26H40B2S2/c1-17-13-19(3)23(20(4)14-17)27(29-25(7,8)9)28(30-26(10,11)12)24-21(5)15-18(2)16-22(24)6/h13-16H,1-12H3. The predicted molar refractivity (Wildman–Crippen MR) is 147 cm³/mol. The molecule has 0 N–H and O–H groups in total. The average Bonchev–Trinajstić information content (AvgIpc) is 2.48. The molecule has 0 unspecified atom stereocenters. The molecule has 0 nitrogen and oxygen atoms in total. The van der Waals surface area contributed by atoms with Gasteiger partial charge in [-0.05, 0) is 51.0 Å². The van der Waals surface area contributed by atoms with Crippen LogP contribution in [0.1, 0.15) is 74.9 Å². The van der Waals surface area contributed by atoms with Crippen molar-refractivity contribution in [2.75, 3.05) is 0 Å². The molecule has 2 aromatic carbocycles. The Morgan fingerprint density at radius 1 is 0.500 bits per heavy atom. The summed E-state index contributed by atoms with van der Waals surface area (Å²) in [5.74, 6) is 0.796. The first kappa shape index (κ1) is 25.5. The fraction of sp³-hybridized carbons (Fsp3) is 0.538. The van der Waals surface area contributed by atoms with Crippen molar-refractivity contribution in [3.8, 4) is 0 Å². The summed E-state index contributed by atoms with van der Waals surface area (Å²) in [5, 5.41) is 0. The highest BCUT2D eigenvalue weighted by atomic mass is 32.2. The molecule has 4 heteroatoms. The lowest BCUT2D eigenvalue weighted by molar-refractivity contribution is 0.809. The first-order chi connectivity index (χ1) is 13.6. The Balaban J connectivity index is 2.81. The van der Waals surface area contributed by atoms with E-state index < -0.39 is 0 Å². The van der Waals surface area contributed by atoms with Crippen LogP contribution in [0, 0.1) is 41.5 Å². The molecule has 0 spiro atoms.